The van der Waals surface area contributed by atoms with Crippen molar-refractivity contribution in [3.05, 3.63) is 29.6 Å². The Bertz CT molecular complexity index is 513. The number of carboxylic acid groups (broad SMARTS) is 1. The fraction of sp³-hybridized carbons (Fsp3) is 0.429. The van der Waals surface area contributed by atoms with Crippen LogP contribution < -0.4 is 10.6 Å². The molecule has 0 aromatic heterocycles. The Labute approximate surface area is 116 Å². The molecule has 1 heterocycles. The van der Waals surface area contributed by atoms with Gasteiger partial charge in [0, 0.05) is 6.42 Å². The summed E-state index contributed by atoms with van der Waals surface area (Å²) in [4.78, 5) is 22.9. The minimum atomic E-state index is -1.19. The van der Waals surface area contributed by atoms with Gasteiger partial charge in [-0.1, -0.05) is 0 Å². The third kappa shape index (κ3) is 3.77. The van der Waals surface area contributed by atoms with Crippen molar-refractivity contribution in [2.75, 3.05) is 18.4 Å². The fourth-order valence-electron chi connectivity index (χ4n) is 2.37. The van der Waals surface area contributed by atoms with Crippen LogP contribution >= 0.6 is 0 Å². The molecule has 2 rings (SSSR count). The molecule has 3 N–H and O–H groups in total. The molecule has 0 spiro atoms. The summed E-state index contributed by atoms with van der Waals surface area (Å²) in [5.74, 6) is -1.82. The van der Waals surface area contributed by atoms with Crippen LogP contribution in [-0.4, -0.2) is 30.1 Å². The first-order chi connectivity index (χ1) is 9.56. The van der Waals surface area contributed by atoms with E-state index in [2.05, 4.69) is 10.6 Å². The van der Waals surface area contributed by atoms with E-state index in [1.165, 1.54) is 0 Å². The molecule has 1 aliphatic heterocycles. The maximum absolute atomic E-state index is 13.2. The first-order valence-electron chi connectivity index (χ1n) is 6.59. The van der Waals surface area contributed by atoms with Gasteiger partial charge >= 0.3 is 5.97 Å². The number of rotatable bonds is 4. The smallest absolute Gasteiger partial charge is 0.337 e. The lowest BCUT2D eigenvalue weighted by Gasteiger charge is -2.22. The zero-order valence-electron chi connectivity index (χ0n) is 11.0. The van der Waals surface area contributed by atoms with Crippen molar-refractivity contribution in [1.82, 2.24) is 5.32 Å². The predicted molar refractivity (Wildman–Crippen MR) is 72.2 cm³/mol. The molecular formula is C14H17FN2O3. The van der Waals surface area contributed by atoms with Crippen molar-refractivity contribution >= 4 is 17.6 Å². The van der Waals surface area contributed by atoms with Gasteiger partial charge in [0.2, 0.25) is 5.91 Å². The highest BCUT2D eigenvalue weighted by atomic mass is 19.1. The molecule has 0 radical (unpaired) electrons. The van der Waals surface area contributed by atoms with Crippen molar-refractivity contribution in [1.29, 1.82) is 0 Å². The highest BCUT2D eigenvalue weighted by Gasteiger charge is 2.18. The summed E-state index contributed by atoms with van der Waals surface area (Å²) in [5.41, 5.74) is -0.104. The van der Waals surface area contributed by atoms with Gasteiger partial charge in [-0.3, -0.25) is 4.79 Å². The highest BCUT2D eigenvalue weighted by Crippen LogP contribution is 2.19. The van der Waals surface area contributed by atoms with Gasteiger partial charge in [0.05, 0.1) is 11.3 Å². The molecule has 0 aliphatic carbocycles. The van der Waals surface area contributed by atoms with Crippen LogP contribution in [0.4, 0.5) is 10.1 Å². The third-order valence-electron chi connectivity index (χ3n) is 3.36. The second-order valence-corrected chi connectivity index (χ2v) is 4.96. The number of anilines is 1. The topological polar surface area (TPSA) is 78.4 Å². The predicted octanol–water partition coefficient (Wildman–Crippen LogP) is 1.85. The van der Waals surface area contributed by atoms with Crippen LogP contribution in [0.2, 0.25) is 0 Å². The van der Waals surface area contributed by atoms with Crippen molar-refractivity contribution < 1.29 is 19.1 Å². The SMILES string of the molecule is O=C(CC1CCCNC1)Nc1cc(F)ccc1C(=O)O. The number of nitrogens with one attached hydrogen (secondary N) is 2. The quantitative estimate of drug-likeness (QED) is 0.786. The molecule has 1 amide bonds. The Balaban J connectivity index is 2.03. The normalized spacial score (nSPS) is 18.6. The summed E-state index contributed by atoms with van der Waals surface area (Å²) in [5, 5.41) is 14.7. The fourth-order valence-corrected chi connectivity index (χ4v) is 2.37. The first-order valence-corrected chi connectivity index (χ1v) is 6.59. The highest BCUT2D eigenvalue weighted by molar-refractivity contribution is 6.00. The van der Waals surface area contributed by atoms with Gasteiger partial charge in [-0.15, -0.1) is 0 Å². The van der Waals surface area contributed by atoms with Crippen molar-refractivity contribution in [3.63, 3.8) is 0 Å². The van der Waals surface area contributed by atoms with Crippen molar-refractivity contribution in [2.24, 2.45) is 5.92 Å². The summed E-state index contributed by atoms with van der Waals surface area (Å²) >= 11 is 0. The van der Waals surface area contributed by atoms with Gasteiger partial charge in [-0.2, -0.15) is 0 Å². The standard InChI is InChI=1S/C14H17FN2O3/c15-10-3-4-11(14(19)20)12(7-10)17-13(18)6-9-2-1-5-16-8-9/h3-4,7,9,16H,1-2,5-6,8H2,(H,17,18)(H,19,20). The summed E-state index contributed by atoms with van der Waals surface area (Å²) < 4.78 is 13.2. The Morgan fingerprint density at radius 2 is 2.25 bits per heavy atom. The number of carbonyl (C=O) groups is 2. The molecule has 20 heavy (non-hydrogen) atoms. The Hall–Kier alpha value is -1.95. The van der Waals surface area contributed by atoms with Gasteiger partial charge in [0.15, 0.2) is 0 Å². The summed E-state index contributed by atoms with van der Waals surface area (Å²) in [6.45, 7) is 1.74. The summed E-state index contributed by atoms with van der Waals surface area (Å²) in [6, 6.07) is 3.24. The average Bonchev–Trinajstić information content (AvgIpc) is 2.39. The van der Waals surface area contributed by atoms with Gasteiger partial charge < -0.3 is 15.7 Å². The molecule has 108 valence electrons. The largest absolute Gasteiger partial charge is 0.478 e. The van der Waals surface area contributed by atoms with E-state index >= 15 is 0 Å². The van der Waals surface area contributed by atoms with Crippen molar-refractivity contribution in [3.8, 4) is 0 Å². The van der Waals surface area contributed by atoms with Gasteiger partial charge in [-0.25, -0.2) is 9.18 Å². The molecular weight excluding hydrogens is 263 g/mol. The minimum Gasteiger partial charge on any atom is -0.478 e. The number of hydrogen-bond acceptors (Lipinski definition) is 3. The molecule has 1 aliphatic rings. The summed E-state index contributed by atoms with van der Waals surface area (Å²) in [7, 11) is 0. The number of hydrogen-bond donors (Lipinski definition) is 3. The number of halogens is 1. The van der Waals surface area contributed by atoms with E-state index in [1.54, 1.807) is 0 Å². The number of aromatic carboxylic acids is 1. The zero-order chi connectivity index (χ0) is 14.5. The van der Waals surface area contributed by atoms with E-state index in [4.69, 9.17) is 5.11 Å². The minimum absolute atomic E-state index is 0.00580. The zero-order valence-corrected chi connectivity index (χ0v) is 11.0. The molecule has 1 unspecified atom stereocenters. The lowest BCUT2D eigenvalue weighted by atomic mass is 9.96. The third-order valence-corrected chi connectivity index (χ3v) is 3.36. The van der Waals surface area contributed by atoms with Gasteiger partial charge in [0.1, 0.15) is 5.82 Å². The summed E-state index contributed by atoms with van der Waals surface area (Å²) in [6.07, 6.45) is 2.30. The molecule has 1 aromatic rings. The monoisotopic (exact) mass is 280 g/mol. The first kappa shape index (κ1) is 14.5. The van der Waals surface area contributed by atoms with Crippen LogP contribution in [0.3, 0.4) is 0 Å². The van der Waals surface area contributed by atoms with Crippen LogP contribution in [0, 0.1) is 11.7 Å². The number of amides is 1. The molecule has 1 fully saturated rings. The second-order valence-electron chi connectivity index (χ2n) is 4.96. The number of benzene rings is 1. The maximum Gasteiger partial charge on any atom is 0.337 e. The van der Waals surface area contributed by atoms with E-state index < -0.39 is 11.8 Å². The molecule has 0 bridgehead atoms. The van der Waals surface area contributed by atoms with Crippen LogP contribution in [-0.2, 0) is 4.79 Å². The maximum atomic E-state index is 13.2. The van der Waals surface area contributed by atoms with E-state index in [1.807, 2.05) is 0 Å². The Kier molecular flexibility index (Phi) is 4.68. The number of piperidine rings is 1. The van der Waals surface area contributed by atoms with E-state index in [9.17, 15) is 14.0 Å². The number of carbonyl (C=O) groups excluding carboxylic acids is 1. The average molecular weight is 280 g/mol. The van der Waals surface area contributed by atoms with Crippen LogP contribution in [0.25, 0.3) is 0 Å². The Morgan fingerprint density at radius 3 is 2.90 bits per heavy atom. The lowest BCUT2D eigenvalue weighted by Crippen LogP contribution is -2.32. The molecule has 1 atom stereocenters. The van der Waals surface area contributed by atoms with Crippen molar-refractivity contribution in [2.45, 2.75) is 19.3 Å². The van der Waals surface area contributed by atoms with Crippen LogP contribution in [0.1, 0.15) is 29.6 Å². The Morgan fingerprint density at radius 1 is 1.45 bits per heavy atom. The van der Waals surface area contributed by atoms with Gasteiger partial charge in [-0.05, 0) is 50.0 Å². The van der Waals surface area contributed by atoms with E-state index in [0.29, 0.717) is 6.42 Å². The lowest BCUT2D eigenvalue weighted by molar-refractivity contribution is -0.117. The molecule has 0 saturated carbocycles. The molecule has 1 saturated heterocycles. The van der Waals surface area contributed by atoms with E-state index in [0.717, 1.165) is 44.1 Å². The van der Waals surface area contributed by atoms with E-state index in [-0.39, 0.29) is 23.1 Å². The molecule has 5 nitrogen and oxygen atoms in total. The second kappa shape index (κ2) is 6.47. The number of carboxylic acids is 1. The van der Waals surface area contributed by atoms with Gasteiger partial charge in [0.25, 0.3) is 0 Å². The molecule has 1 aromatic carbocycles. The van der Waals surface area contributed by atoms with Crippen LogP contribution in [0.5, 0.6) is 0 Å². The van der Waals surface area contributed by atoms with Crippen LogP contribution in [0.15, 0.2) is 18.2 Å². The molecule has 6 heteroatoms.